The number of benzene rings is 1. The third-order valence-electron chi connectivity index (χ3n) is 4.35. The number of carbonyl (C=O) groups excluding carboxylic acids is 1. The lowest BCUT2D eigenvalue weighted by Gasteiger charge is -2.24. The lowest BCUT2D eigenvalue weighted by Crippen LogP contribution is -2.44. The van der Waals surface area contributed by atoms with Gasteiger partial charge in [0.05, 0.1) is 0 Å². The van der Waals surface area contributed by atoms with Crippen molar-refractivity contribution in [2.24, 2.45) is 0 Å². The second-order valence-corrected chi connectivity index (χ2v) is 6.66. The normalized spacial score (nSPS) is 13.4. The number of hydrogen-bond acceptors (Lipinski definition) is 4. The largest absolute Gasteiger partial charge is 0.463 e. The maximum Gasteiger partial charge on any atom is 0.305 e. The fourth-order valence-electron chi connectivity index (χ4n) is 2.74. The molecule has 0 aromatic heterocycles. The molecule has 1 rings (SSSR count). The van der Waals surface area contributed by atoms with Crippen LogP contribution in [0, 0.1) is 0 Å². The van der Waals surface area contributed by atoms with Crippen LogP contribution in [0.15, 0.2) is 30.3 Å². The molecular formula is C21H35NO3. The van der Waals surface area contributed by atoms with Crippen molar-refractivity contribution in [3.05, 3.63) is 35.9 Å². The number of rotatable bonds is 14. The molecule has 0 saturated heterocycles. The van der Waals surface area contributed by atoms with Gasteiger partial charge < -0.3 is 15.2 Å². The van der Waals surface area contributed by atoms with Gasteiger partial charge in [-0.05, 0) is 31.4 Å². The molecule has 4 heteroatoms. The number of esters is 1. The van der Waals surface area contributed by atoms with Crippen molar-refractivity contribution in [1.82, 2.24) is 5.32 Å². The maximum atomic E-state index is 11.8. The molecule has 0 aliphatic heterocycles. The van der Waals surface area contributed by atoms with Gasteiger partial charge in [0.15, 0.2) is 0 Å². The van der Waals surface area contributed by atoms with Crippen LogP contribution < -0.4 is 5.32 Å². The highest BCUT2D eigenvalue weighted by atomic mass is 16.5. The molecular weight excluding hydrogens is 314 g/mol. The predicted molar refractivity (Wildman–Crippen MR) is 103 cm³/mol. The molecule has 0 aliphatic rings. The molecule has 1 aromatic carbocycles. The molecule has 0 heterocycles. The predicted octanol–water partition coefficient (Wildman–Crippen LogP) is 3.86. The van der Waals surface area contributed by atoms with Crippen LogP contribution in [0.5, 0.6) is 0 Å². The van der Waals surface area contributed by atoms with Gasteiger partial charge in [-0.3, -0.25) is 4.79 Å². The van der Waals surface area contributed by atoms with Gasteiger partial charge in [-0.15, -0.1) is 0 Å². The van der Waals surface area contributed by atoms with E-state index < -0.39 is 6.10 Å². The van der Waals surface area contributed by atoms with Crippen LogP contribution in [0.4, 0.5) is 0 Å². The molecule has 0 radical (unpaired) electrons. The van der Waals surface area contributed by atoms with Gasteiger partial charge in [-0.1, -0.05) is 69.9 Å². The first-order chi connectivity index (χ1) is 12.2. The van der Waals surface area contributed by atoms with Crippen molar-refractivity contribution in [2.45, 2.75) is 77.4 Å². The summed E-state index contributed by atoms with van der Waals surface area (Å²) in [5.41, 5.74) is 1.17. The van der Waals surface area contributed by atoms with Crippen molar-refractivity contribution >= 4 is 5.97 Å². The Labute approximate surface area is 153 Å². The Bertz CT molecular complexity index is 450. The fraction of sp³-hybridized carbons (Fsp3) is 0.667. The van der Waals surface area contributed by atoms with E-state index in [1.54, 1.807) is 0 Å². The Morgan fingerprint density at radius 3 is 2.48 bits per heavy atom. The Kier molecular flexibility index (Phi) is 12.0. The van der Waals surface area contributed by atoms with Crippen molar-refractivity contribution in [3.8, 4) is 0 Å². The third kappa shape index (κ3) is 10.3. The quantitative estimate of drug-likeness (QED) is 0.395. The molecule has 4 nitrogen and oxygen atoms in total. The molecule has 2 N–H and O–H groups in total. The van der Waals surface area contributed by atoms with E-state index in [4.69, 9.17) is 4.74 Å². The van der Waals surface area contributed by atoms with Crippen LogP contribution >= 0.6 is 0 Å². The SMILES string of the molecule is CCCCCCC(=O)OCC(O)C(Cc1ccccc1)NCCCC. The highest BCUT2D eigenvalue weighted by Gasteiger charge is 2.20. The molecule has 0 saturated carbocycles. The zero-order valence-corrected chi connectivity index (χ0v) is 15.9. The summed E-state index contributed by atoms with van der Waals surface area (Å²) in [7, 11) is 0. The van der Waals surface area contributed by atoms with Crippen molar-refractivity contribution in [1.29, 1.82) is 0 Å². The molecule has 0 aliphatic carbocycles. The minimum absolute atomic E-state index is 0.0588. The van der Waals surface area contributed by atoms with E-state index in [1.807, 2.05) is 18.2 Å². The first-order valence-corrected chi connectivity index (χ1v) is 9.78. The third-order valence-corrected chi connectivity index (χ3v) is 4.35. The fourth-order valence-corrected chi connectivity index (χ4v) is 2.74. The monoisotopic (exact) mass is 349 g/mol. The Morgan fingerprint density at radius 1 is 1.08 bits per heavy atom. The summed E-state index contributed by atoms with van der Waals surface area (Å²) in [5, 5.41) is 13.9. The number of hydrogen-bond donors (Lipinski definition) is 2. The lowest BCUT2D eigenvalue weighted by atomic mass is 10.0. The van der Waals surface area contributed by atoms with E-state index in [9.17, 15) is 9.90 Å². The minimum Gasteiger partial charge on any atom is -0.463 e. The first-order valence-electron chi connectivity index (χ1n) is 9.78. The van der Waals surface area contributed by atoms with Gasteiger partial charge in [-0.2, -0.15) is 0 Å². The van der Waals surface area contributed by atoms with E-state index in [0.717, 1.165) is 51.5 Å². The average Bonchev–Trinajstić information content (AvgIpc) is 2.63. The van der Waals surface area contributed by atoms with Gasteiger partial charge in [-0.25, -0.2) is 0 Å². The summed E-state index contributed by atoms with van der Waals surface area (Å²) in [6.45, 7) is 5.21. The number of unbranched alkanes of at least 4 members (excludes halogenated alkanes) is 4. The minimum atomic E-state index is -0.698. The van der Waals surface area contributed by atoms with Crippen LogP contribution in [0.3, 0.4) is 0 Å². The van der Waals surface area contributed by atoms with Gasteiger partial charge in [0.2, 0.25) is 0 Å². The zero-order valence-electron chi connectivity index (χ0n) is 15.9. The van der Waals surface area contributed by atoms with E-state index in [0.29, 0.717) is 6.42 Å². The van der Waals surface area contributed by atoms with E-state index in [1.165, 1.54) is 5.56 Å². The number of ether oxygens (including phenoxy) is 1. The molecule has 0 amide bonds. The highest BCUT2D eigenvalue weighted by molar-refractivity contribution is 5.69. The smallest absolute Gasteiger partial charge is 0.305 e. The Balaban J connectivity index is 2.42. The number of carbonyl (C=O) groups is 1. The van der Waals surface area contributed by atoms with Crippen LogP contribution in [-0.4, -0.2) is 36.4 Å². The standard InChI is InChI=1S/C21H35NO3/c1-3-5-7-11-14-21(24)25-17-20(23)19(22-15-6-4-2)16-18-12-9-8-10-13-18/h8-10,12-13,19-20,22-23H,3-7,11,14-17H2,1-2H3. The average molecular weight is 350 g/mol. The number of nitrogens with one attached hydrogen (secondary N) is 1. The second-order valence-electron chi connectivity index (χ2n) is 6.66. The van der Waals surface area contributed by atoms with Gasteiger partial charge in [0, 0.05) is 12.5 Å². The Morgan fingerprint density at radius 2 is 1.80 bits per heavy atom. The molecule has 142 valence electrons. The van der Waals surface area contributed by atoms with Gasteiger partial charge >= 0.3 is 5.97 Å². The second kappa shape index (κ2) is 13.9. The van der Waals surface area contributed by atoms with E-state index in [2.05, 4.69) is 31.3 Å². The summed E-state index contributed by atoms with van der Waals surface area (Å²) in [6.07, 6.45) is 6.86. The molecule has 0 fully saturated rings. The van der Waals surface area contributed by atoms with E-state index >= 15 is 0 Å². The lowest BCUT2D eigenvalue weighted by molar-refractivity contribution is -0.147. The van der Waals surface area contributed by atoms with Crippen molar-refractivity contribution < 1.29 is 14.6 Å². The van der Waals surface area contributed by atoms with Gasteiger partial charge in [0.1, 0.15) is 12.7 Å². The molecule has 1 aromatic rings. The van der Waals surface area contributed by atoms with E-state index in [-0.39, 0.29) is 18.6 Å². The van der Waals surface area contributed by atoms with Crippen LogP contribution in [-0.2, 0) is 16.0 Å². The zero-order chi connectivity index (χ0) is 18.3. The molecule has 25 heavy (non-hydrogen) atoms. The van der Waals surface area contributed by atoms with Crippen LogP contribution in [0.2, 0.25) is 0 Å². The van der Waals surface area contributed by atoms with Crippen LogP contribution in [0.25, 0.3) is 0 Å². The Hall–Kier alpha value is -1.39. The number of aliphatic hydroxyl groups excluding tert-OH is 1. The van der Waals surface area contributed by atoms with Crippen molar-refractivity contribution in [2.75, 3.05) is 13.2 Å². The topological polar surface area (TPSA) is 58.6 Å². The molecule has 0 spiro atoms. The first kappa shape index (κ1) is 21.7. The summed E-state index contributed by atoms with van der Waals surface area (Å²) in [4.78, 5) is 11.8. The summed E-state index contributed by atoms with van der Waals surface area (Å²) >= 11 is 0. The highest BCUT2D eigenvalue weighted by Crippen LogP contribution is 2.09. The summed E-state index contributed by atoms with van der Waals surface area (Å²) in [5.74, 6) is -0.206. The maximum absolute atomic E-state index is 11.8. The summed E-state index contributed by atoms with van der Waals surface area (Å²) < 4.78 is 5.28. The number of aliphatic hydroxyl groups is 1. The summed E-state index contributed by atoms with van der Waals surface area (Å²) in [6, 6.07) is 9.99. The molecule has 0 bridgehead atoms. The molecule has 2 unspecified atom stereocenters. The van der Waals surface area contributed by atoms with Crippen molar-refractivity contribution in [3.63, 3.8) is 0 Å². The van der Waals surface area contributed by atoms with Crippen LogP contribution in [0.1, 0.15) is 64.4 Å². The molecule has 2 atom stereocenters. The van der Waals surface area contributed by atoms with Gasteiger partial charge in [0.25, 0.3) is 0 Å².